The summed E-state index contributed by atoms with van der Waals surface area (Å²) in [7, 11) is -3.91. The van der Waals surface area contributed by atoms with Gasteiger partial charge in [-0.25, -0.2) is 15.0 Å². The molecule has 0 heterocycles. The first-order valence-corrected chi connectivity index (χ1v) is 12.4. The van der Waals surface area contributed by atoms with Crippen molar-refractivity contribution in [3.63, 3.8) is 0 Å². The Morgan fingerprint density at radius 3 is 1.70 bits per heavy atom. The molecule has 0 aromatic heterocycles. The Bertz CT molecular complexity index is 1150. The molecule has 1 saturated carbocycles. The summed E-state index contributed by atoms with van der Waals surface area (Å²) >= 11 is 0. The second-order valence-corrected chi connectivity index (χ2v) is 10.7. The number of aryl methyl sites for hydroxylation is 1. The summed E-state index contributed by atoms with van der Waals surface area (Å²) in [6.45, 7) is 10.5. The van der Waals surface area contributed by atoms with Crippen LogP contribution in [0.5, 0.6) is 0 Å². The minimum Gasteiger partial charge on any atom is -0.370 e. The molecule has 0 unspecified atom stereocenters. The summed E-state index contributed by atoms with van der Waals surface area (Å²) in [4.78, 5) is 2.24. The largest absolute Gasteiger partial charge is 0.370 e. The standard InChI is InChI=1S/C27H27NO4S/c1-21-13-15-24(16-14-21)33(29,30)27(28-2)17-25(31-19-22-9-5-3-6-10-22)26(18-27)32-20-23-11-7-4-8-12-23/h3-16,25-26H,17-20H2,1H3/t25-,26-/m1/s1. The van der Waals surface area contributed by atoms with Crippen molar-refractivity contribution >= 4 is 9.84 Å². The van der Waals surface area contributed by atoms with Crippen molar-refractivity contribution < 1.29 is 17.9 Å². The number of hydrogen-bond donors (Lipinski definition) is 0. The molecular weight excluding hydrogens is 434 g/mol. The maximum Gasteiger partial charge on any atom is 0.338 e. The summed E-state index contributed by atoms with van der Waals surface area (Å²) in [6.07, 6.45) is -0.885. The van der Waals surface area contributed by atoms with E-state index in [1.54, 1.807) is 24.3 Å². The highest BCUT2D eigenvalue weighted by Gasteiger charge is 2.61. The van der Waals surface area contributed by atoms with Gasteiger partial charge in [0, 0.05) is 0 Å². The van der Waals surface area contributed by atoms with Gasteiger partial charge < -0.3 is 9.47 Å². The molecule has 1 aliphatic carbocycles. The van der Waals surface area contributed by atoms with E-state index in [9.17, 15) is 8.42 Å². The zero-order valence-corrected chi connectivity index (χ0v) is 19.4. The molecule has 0 amide bonds. The van der Waals surface area contributed by atoms with E-state index in [1.807, 2.05) is 67.6 Å². The van der Waals surface area contributed by atoms with Crippen LogP contribution in [0.25, 0.3) is 4.85 Å². The molecule has 4 rings (SSSR count). The van der Waals surface area contributed by atoms with Crippen LogP contribution in [0.3, 0.4) is 0 Å². The highest BCUT2D eigenvalue weighted by atomic mass is 32.2. The predicted octanol–water partition coefficient (Wildman–Crippen LogP) is 5.35. The van der Waals surface area contributed by atoms with Crippen molar-refractivity contribution in [1.29, 1.82) is 0 Å². The van der Waals surface area contributed by atoms with Gasteiger partial charge in [0.1, 0.15) is 0 Å². The molecule has 0 saturated heterocycles. The highest BCUT2D eigenvalue weighted by Crippen LogP contribution is 2.44. The van der Waals surface area contributed by atoms with E-state index in [0.29, 0.717) is 13.2 Å². The topological polar surface area (TPSA) is 57.0 Å². The molecule has 5 nitrogen and oxygen atoms in total. The van der Waals surface area contributed by atoms with Crippen molar-refractivity contribution in [1.82, 2.24) is 0 Å². The first-order chi connectivity index (χ1) is 15.9. The van der Waals surface area contributed by atoms with Crippen LogP contribution < -0.4 is 0 Å². The van der Waals surface area contributed by atoms with Gasteiger partial charge in [-0.2, -0.15) is 0 Å². The van der Waals surface area contributed by atoms with Gasteiger partial charge in [0.15, 0.2) is 0 Å². The molecule has 170 valence electrons. The van der Waals surface area contributed by atoms with Crippen LogP contribution in [0.2, 0.25) is 0 Å². The Kier molecular flexibility index (Phi) is 6.94. The fraction of sp³-hybridized carbons (Fsp3) is 0.296. The van der Waals surface area contributed by atoms with Crippen molar-refractivity contribution in [2.45, 2.75) is 55.0 Å². The molecule has 2 atom stereocenters. The van der Waals surface area contributed by atoms with Crippen LogP contribution in [0, 0.1) is 13.5 Å². The molecule has 6 heteroatoms. The molecule has 0 aliphatic heterocycles. The van der Waals surface area contributed by atoms with Crippen molar-refractivity contribution in [3.8, 4) is 0 Å². The molecule has 0 N–H and O–H groups in total. The van der Waals surface area contributed by atoms with Gasteiger partial charge in [0.25, 0.3) is 9.84 Å². The average Bonchev–Trinajstić information content (AvgIpc) is 3.23. The SMILES string of the molecule is [C-]#[N+]C1(S(=O)(=O)c2ccc(C)cc2)C[C@@H](OCc2ccccc2)[C@H](OCc2ccccc2)C1. The fourth-order valence-electron chi connectivity index (χ4n) is 4.17. The minimum absolute atomic E-state index is 0.0685. The van der Waals surface area contributed by atoms with E-state index in [-0.39, 0.29) is 17.7 Å². The van der Waals surface area contributed by atoms with Gasteiger partial charge >= 0.3 is 4.87 Å². The molecule has 3 aromatic rings. The summed E-state index contributed by atoms with van der Waals surface area (Å²) in [5.74, 6) is 0. The van der Waals surface area contributed by atoms with Crippen LogP contribution in [0.15, 0.2) is 89.8 Å². The molecule has 33 heavy (non-hydrogen) atoms. The lowest BCUT2D eigenvalue weighted by Crippen LogP contribution is -2.33. The Morgan fingerprint density at radius 2 is 1.27 bits per heavy atom. The summed E-state index contributed by atoms with van der Waals surface area (Å²) in [5.41, 5.74) is 2.94. The number of nitrogens with zero attached hydrogens (tertiary/aromatic N) is 1. The summed E-state index contributed by atoms with van der Waals surface area (Å²) in [5, 5.41) is 0. The van der Waals surface area contributed by atoms with E-state index < -0.39 is 26.9 Å². The van der Waals surface area contributed by atoms with E-state index in [0.717, 1.165) is 16.7 Å². The summed E-state index contributed by atoms with van der Waals surface area (Å²) < 4.78 is 39.6. The zero-order chi connectivity index (χ0) is 23.3. The minimum atomic E-state index is -3.91. The second-order valence-electron chi connectivity index (χ2n) is 8.45. The third-order valence-electron chi connectivity index (χ3n) is 6.10. The molecule has 0 spiro atoms. The van der Waals surface area contributed by atoms with Crippen LogP contribution >= 0.6 is 0 Å². The van der Waals surface area contributed by atoms with Gasteiger partial charge in [0.05, 0.1) is 43.2 Å². The number of rotatable bonds is 8. The average molecular weight is 462 g/mol. The van der Waals surface area contributed by atoms with Crippen molar-refractivity contribution in [3.05, 3.63) is 113 Å². The Labute approximate surface area is 195 Å². The second kappa shape index (κ2) is 9.88. The Hall–Kier alpha value is -2.98. The predicted molar refractivity (Wildman–Crippen MR) is 127 cm³/mol. The van der Waals surface area contributed by atoms with E-state index in [2.05, 4.69) is 4.85 Å². The lowest BCUT2D eigenvalue weighted by atomic mass is 10.2. The van der Waals surface area contributed by atoms with Crippen molar-refractivity contribution in [2.75, 3.05) is 0 Å². The van der Waals surface area contributed by atoms with Gasteiger partial charge in [0.2, 0.25) is 0 Å². The quantitative estimate of drug-likeness (QED) is 0.425. The Balaban J connectivity index is 1.60. The lowest BCUT2D eigenvalue weighted by molar-refractivity contribution is -0.0686. The molecule has 1 aliphatic rings. The summed E-state index contributed by atoms with van der Waals surface area (Å²) in [6, 6.07) is 26.1. The van der Waals surface area contributed by atoms with Gasteiger partial charge in [-0.1, -0.05) is 78.4 Å². The third kappa shape index (κ3) is 5.01. The fourth-order valence-corrected chi connectivity index (χ4v) is 5.99. The molecule has 1 fully saturated rings. The van der Waals surface area contributed by atoms with Crippen LogP contribution in [0.1, 0.15) is 29.5 Å². The van der Waals surface area contributed by atoms with Gasteiger partial charge in [-0.05, 0) is 30.2 Å². The number of sulfone groups is 1. The third-order valence-corrected chi connectivity index (χ3v) is 8.42. The first kappa shape index (κ1) is 23.2. The van der Waals surface area contributed by atoms with Crippen molar-refractivity contribution in [2.24, 2.45) is 0 Å². The van der Waals surface area contributed by atoms with Crippen LogP contribution in [-0.2, 0) is 32.5 Å². The molecule has 3 aromatic carbocycles. The highest BCUT2D eigenvalue weighted by molar-refractivity contribution is 7.93. The lowest BCUT2D eigenvalue weighted by Gasteiger charge is -2.19. The van der Waals surface area contributed by atoms with Gasteiger partial charge in [-0.3, -0.25) is 4.85 Å². The Morgan fingerprint density at radius 1 is 0.818 bits per heavy atom. The number of hydrogen-bond acceptors (Lipinski definition) is 4. The van der Waals surface area contributed by atoms with E-state index >= 15 is 0 Å². The maximum absolute atomic E-state index is 13.6. The molecule has 0 bridgehead atoms. The zero-order valence-electron chi connectivity index (χ0n) is 18.6. The van der Waals surface area contributed by atoms with E-state index in [1.165, 1.54) is 0 Å². The number of benzene rings is 3. The smallest absolute Gasteiger partial charge is 0.338 e. The monoisotopic (exact) mass is 461 g/mol. The van der Waals surface area contributed by atoms with Crippen LogP contribution in [-0.4, -0.2) is 25.5 Å². The first-order valence-electron chi connectivity index (χ1n) is 10.9. The number of ether oxygens (including phenoxy) is 2. The van der Waals surface area contributed by atoms with Gasteiger partial charge in [-0.15, -0.1) is 0 Å². The molecular formula is C27H27NO4S. The molecule has 0 radical (unpaired) electrons. The maximum atomic E-state index is 13.6. The van der Waals surface area contributed by atoms with Crippen LogP contribution in [0.4, 0.5) is 0 Å². The van der Waals surface area contributed by atoms with E-state index in [4.69, 9.17) is 16.0 Å². The normalized spacial score (nSPS) is 19.8.